The van der Waals surface area contributed by atoms with Crippen LogP contribution in [0.5, 0.6) is 0 Å². The highest BCUT2D eigenvalue weighted by atomic mass is 79.9. The summed E-state index contributed by atoms with van der Waals surface area (Å²) >= 11 is 7.49. The third-order valence-corrected chi connectivity index (χ3v) is 3.32. The topological polar surface area (TPSA) is 55.1 Å². The fourth-order valence-corrected chi connectivity index (χ4v) is 2.07. The molecule has 8 heteroatoms. The van der Waals surface area contributed by atoms with Crippen molar-refractivity contribution in [2.24, 2.45) is 5.73 Å². The Morgan fingerprint density at radius 2 is 2.05 bits per heavy atom. The van der Waals surface area contributed by atoms with Gasteiger partial charge in [0.05, 0.1) is 10.6 Å². The minimum atomic E-state index is -4.51. The summed E-state index contributed by atoms with van der Waals surface area (Å²) in [6, 6.07) is 3.34. The molecule has 1 aromatic rings. The Bertz CT molecular complexity index is 520. The normalized spacial score (nSPS) is 11.2. The Morgan fingerprint density at radius 1 is 1.40 bits per heavy atom. The second kappa shape index (κ2) is 7.03. The van der Waals surface area contributed by atoms with Crippen molar-refractivity contribution in [2.45, 2.75) is 19.0 Å². The van der Waals surface area contributed by atoms with E-state index in [0.29, 0.717) is 24.4 Å². The van der Waals surface area contributed by atoms with Crippen LogP contribution in [0.4, 0.5) is 13.2 Å². The highest BCUT2D eigenvalue weighted by Gasteiger charge is 2.33. The van der Waals surface area contributed by atoms with E-state index in [1.165, 1.54) is 12.1 Å². The quantitative estimate of drug-likeness (QED) is 0.619. The molecule has 0 heterocycles. The fraction of sp³-hybridized carbons (Fsp3) is 0.333. The van der Waals surface area contributed by atoms with Gasteiger partial charge in [0.2, 0.25) is 0 Å². The van der Waals surface area contributed by atoms with Crippen molar-refractivity contribution in [1.82, 2.24) is 5.32 Å². The van der Waals surface area contributed by atoms with Crippen molar-refractivity contribution < 1.29 is 18.0 Å². The summed E-state index contributed by atoms with van der Waals surface area (Å²) in [6.45, 7) is 0.299. The molecule has 110 valence electrons. The number of hydrogen-bond acceptors (Lipinski definition) is 2. The molecule has 0 saturated heterocycles. The Kier molecular flexibility index (Phi) is 5.94. The zero-order valence-corrected chi connectivity index (χ0v) is 12.7. The van der Waals surface area contributed by atoms with Gasteiger partial charge in [0, 0.05) is 16.6 Å². The van der Waals surface area contributed by atoms with Gasteiger partial charge in [0.15, 0.2) is 0 Å². The molecule has 1 amide bonds. The van der Waals surface area contributed by atoms with E-state index in [2.05, 4.69) is 33.5 Å². The lowest BCUT2D eigenvalue weighted by molar-refractivity contribution is -0.138. The number of nitrogens with two attached hydrogens (primary N) is 1. The summed E-state index contributed by atoms with van der Waals surface area (Å²) in [5.74, 6) is -0.564. The van der Waals surface area contributed by atoms with E-state index in [9.17, 15) is 18.0 Å². The Labute approximate surface area is 127 Å². The average molecular weight is 369 g/mol. The molecular formula is C12H12BrF3N2OS. The van der Waals surface area contributed by atoms with Gasteiger partial charge < -0.3 is 11.1 Å². The predicted octanol–water partition coefficient (Wildman–Crippen LogP) is 3.26. The van der Waals surface area contributed by atoms with Gasteiger partial charge in [-0.2, -0.15) is 13.2 Å². The monoisotopic (exact) mass is 368 g/mol. The zero-order valence-electron chi connectivity index (χ0n) is 10.3. The van der Waals surface area contributed by atoms with Gasteiger partial charge in [-0.15, -0.1) is 0 Å². The molecule has 0 radical (unpaired) electrons. The SMILES string of the molecule is NC(=S)CCCNC(=O)c1ccc(Br)c(C(F)(F)F)c1. The van der Waals surface area contributed by atoms with E-state index < -0.39 is 17.6 Å². The molecule has 0 aliphatic heterocycles. The van der Waals surface area contributed by atoms with Crippen LogP contribution >= 0.6 is 28.1 Å². The highest BCUT2D eigenvalue weighted by molar-refractivity contribution is 9.10. The third-order valence-electron chi connectivity index (χ3n) is 2.42. The van der Waals surface area contributed by atoms with Crippen molar-refractivity contribution in [1.29, 1.82) is 0 Å². The third kappa shape index (κ3) is 5.09. The fourth-order valence-electron chi connectivity index (χ4n) is 1.45. The van der Waals surface area contributed by atoms with Crippen LogP contribution in [0.15, 0.2) is 22.7 Å². The van der Waals surface area contributed by atoms with Gasteiger partial charge >= 0.3 is 6.18 Å². The molecule has 0 bridgehead atoms. The number of halogens is 4. The number of thiocarbonyl (C=S) groups is 1. The second-order valence-electron chi connectivity index (χ2n) is 4.02. The summed E-state index contributed by atoms with van der Waals surface area (Å²) in [5.41, 5.74) is 4.37. The van der Waals surface area contributed by atoms with E-state index in [0.717, 1.165) is 6.07 Å². The van der Waals surface area contributed by atoms with Gasteiger partial charge in [0.1, 0.15) is 0 Å². The van der Waals surface area contributed by atoms with Crippen LogP contribution in [-0.2, 0) is 6.18 Å². The first-order valence-electron chi connectivity index (χ1n) is 5.65. The van der Waals surface area contributed by atoms with Crippen LogP contribution in [0.2, 0.25) is 0 Å². The van der Waals surface area contributed by atoms with Crippen molar-refractivity contribution >= 4 is 39.0 Å². The van der Waals surface area contributed by atoms with Gasteiger partial charge in [0.25, 0.3) is 5.91 Å². The number of rotatable bonds is 5. The smallest absolute Gasteiger partial charge is 0.393 e. The largest absolute Gasteiger partial charge is 0.417 e. The molecule has 0 aliphatic rings. The second-order valence-corrected chi connectivity index (χ2v) is 5.40. The van der Waals surface area contributed by atoms with Crippen LogP contribution in [-0.4, -0.2) is 17.4 Å². The number of nitrogens with one attached hydrogen (secondary N) is 1. The van der Waals surface area contributed by atoms with E-state index in [1.807, 2.05) is 0 Å². The Morgan fingerprint density at radius 3 is 2.60 bits per heavy atom. The molecule has 0 aliphatic carbocycles. The van der Waals surface area contributed by atoms with Gasteiger partial charge in [-0.1, -0.05) is 28.1 Å². The first-order chi connectivity index (χ1) is 9.21. The van der Waals surface area contributed by atoms with Crippen molar-refractivity contribution in [2.75, 3.05) is 6.54 Å². The van der Waals surface area contributed by atoms with E-state index >= 15 is 0 Å². The number of benzene rings is 1. The molecule has 3 N–H and O–H groups in total. The molecule has 0 atom stereocenters. The standard InChI is InChI=1S/C12H12BrF3N2OS/c13-9-4-3-7(6-8(9)12(14,15)16)11(19)18-5-1-2-10(17)20/h3-4,6H,1-2,5H2,(H2,17,20)(H,18,19). The minimum Gasteiger partial charge on any atom is -0.393 e. The number of amides is 1. The Balaban J connectivity index is 2.72. The minimum absolute atomic E-state index is 0.0455. The molecule has 3 nitrogen and oxygen atoms in total. The summed E-state index contributed by atoms with van der Waals surface area (Å²) < 4.78 is 38.0. The maximum atomic E-state index is 12.7. The molecule has 1 aromatic carbocycles. The maximum Gasteiger partial charge on any atom is 0.417 e. The zero-order chi connectivity index (χ0) is 15.3. The van der Waals surface area contributed by atoms with Gasteiger partial charge in [-0.05, 0) is 31.0 Å². The molecule has 0 fully saturated rings. The average Bonchev–Trinajstić information content (AvgIpc) is 2.33. The van der Waals surface area contributed by atoms with E-state index in [1.54, 1.807) is 0 Å². The van der Waals surface area contributed by atoms with Crippen molar-refractivity contribution in [3.05, 3.63) is 33.8 Å². The number of carbonyl (C=O) groups is 1. The summed E-state index contributed by atoms with van der Waals surface area (Å²) in [6.07, 6.45) is -3.49. The highest BCUT2D eigenvalue weighted by Crippen LogP contribution is 2.35. The van der Waals surface area contributed by atoms with Crippen LogP contribution in [0, 0.1) is 0 Å². The lowest BCUT2D eigenvalue weighted by Crippen LogP contribution is -2.25. The summed E-state index contributed by atoms with van der Waals surface area (Å²) in [7, 11) is 0. The maximum absolute atomic E-state index is 12.7. The molecule has 0 aromatic heterocycles. The van der Waals surface area contributed by atoms with Crippen LogP contribution in [0.3, 0.4) is 0 Å². The molecule has 20 heavy (non-hydrogen) atoms. The number of alkyl halides is 3. The lowest BCUT2D eigenvalue weighted by Gasteiger charge is -2.11. The first kappa shape index (κ1) is 16.9. The molecule has 0 unspecified atom stereocenters. The van der Waals surface area contributed by atoms with Crippen molar-refractivity contribution in [3.8, 4) is 0 Å². The lowest BCUT2D eigenvalue weighted by atomic mass is 10.1. The van der Waals surface area contributed by atoms with Crippen LogP contribution in [0.1, 0.15) is 28.8 Å². The molecule has 0 saturated carbocycles. The van der Waals surface area contributed by atoms with Crippen LogP contribution in [0.25, 0.3) is 0 Å². The first-order valence-corrected chi connectivity index (χ1v) is 6.85. The summed E-state index contributed by atoms with van der Waals surface area (Å²) in [4.78, 5) is 12.1. The number of carbonyl (C=O) groups excluding carboxylic acids is 1. The Hall–Kier alpha value is -1.15. The van der Waals surface area contributed by atoms with E-state index in [4.69, 9.17) is 5.73 Å². The van der Waals surface area contributed by atoms with E-state index in [-0.39, 0.29) is 10.0 Å². The predicted molar refractivity (Wildman–Crippen MR) is 77.5 cm³/mol. The molecule has 1 rings (SSSR count). The van der Waals surface area contributed by atoms with Crippen molar-refractivity contribution in [3.63, 3.8) is 0 Å². The number of hydrogen-bond donors (Lipinski definition) is 2. The molecule has 0 spiro atoms. The van der Waals surface area contributed by atoms with Gasteiger partial charge in [-0.3, -0.25) is 4.79 Å². The van der Waals surface area contributed by atoms with Crippen LogP contribution < -0.4 is 11.1 Å². The van der Waals surface area contributed by atoms with Gasteiger partial charge in [-0.25, -0.2) is 0 Å². The summed E-state index contributed by atoms with van der Waals surface area (Å²) in [5, 5.41) is 2.52. The molecular weight excluding hydrogens is 357 g/mol.